The lowest BCUT2D eigenvalue weighted by molar-refractivity contribution is -0.0970. The maximum absolute atomic E-state index is 10.3. The van der Waals surface area contributed by atoms with Crippen LogP contribution in [0.4, 0.5) is 0 Å². The van der Waals surface area contributed by atoms with Gasteiger partial charge in [0.25, 0.3) is 0 Å². The van der Waals surface area contributed by atoms with Crippen molar-refractivity contribution in [1.29, 1.82) is 0 Å². The lowest BCUT2D eigenvalue weighted by atomic mass is 9.62. The SMILES string of the molecule is CC(/C=C/C=C(C)/C=C/C1C(C)C(O)C(O)CC1(C)C)=C\C=C\C=C(C)\C=C\C=C(C)\C=C\C1C(C)C(O)C(O)CC1(C)C. The Kier molecular flexibility index (Phi) is 14.3. The molecule has 0 aliphatic heterocycles. The predicted octanol–water partition coefficient (Wildman–Crippen LogP) is 8.36. The molecule has 0 spiro atoms. The van der Waals surface area contributed by atoms with Crippen LogP contribution >= 0.6 is 0 Å². The van der Waals surface area contributed by atoms with Crippen molar-refractivity contribution < 1.29 is 20.4 Å². The molecule has 244 valence electrons. The third-order valence-corrected chi connectivity index (χ3v) is 9.67. The molecule has 2 aliphatic rings. The van der Waals surface area contributed by atoms with Crippen molar-refractivity contribution in [3.8, 4) is 0 Å². The molecule has 2 fully saturated rings. The summed E-state index contributed by atoms with van der Waals surface area (Å²) in [6.45, 7) is 21.0. The molecule has 2 rings (SSSR count). The van der Waals surface area contributed by atoms with Gasteiger partial charge in [0, 0.05) is 0 Å². The maximum Gasteiger partial charge on any atom is 0.0830 e. The van der Waals surface area contributed by atoms with Gasteiger partial charge >= 0.3 is 0 Å². The maximum atomic E-state index is 10.3. The summed E-state index contributed by atoms with van der Waals surface area (Å²) in [4.78, 5) is 0. The van der Waals surface area contributed by atoms with Crippen LogP contribution in [0.1, 0.15) is 82.1 Å². The summed E-state index contributed by atoms with van der Waals surface area (Å²) < 4.78 is 0. The number of hydrogen-bond acceptors (Lipinski definition) is 4. The van der Waals surface area contributed by atoms with Crippen LogP contribution in [0.15, 0.2) is 107 Å². The van der Waals surface area contributed by atoms with E-state index < -0.39 is 24.4 Å². The third-order valence-electron chi connectivity index (χ3n) is 9.67. The normalized spacial score (nSPS) is 34.4. The molecule has 4 heteroatoms. The fourth-order valence-corrected chi connectivity index (χ4v) is 6.86. The molecule has 4 N–H and O–H groups in total. The van der Waals surface area contributed by atoms with Gasteiger partial charge in [0.1, 0.15) is 0 Å². The largest absolute Gasteiger partial charge is 0.390 e. The molecule has 0 aromatic rings. The smallest absolute Gasteiger partial charge is 0.0830 e. The van der Waals surface area contributed by atoms with Crippen LogP contribution in [0.25, 0.3) is 0 Å². The van der Waals surface area contributed by atoms with Gasteiger partial charge in [-0.3, -0.25) is 0 Å². The molecule has 0 amide bonds. The summed E-state index contributed by atoms with van der Waals surface area (Å²) in [5, 5.41) is 41.0. The summed E-state index contributed by atoms with van der Waals surface area (Å²) in [5.74, 6) is 0.438. The van der Waals surface area contributed by atoms with Gasteiger partial charge in [-0.2, -0.15) is 0 Å². The van der Waals surface area contributed by atoms with E-state index in [4.69, 9.17) is 0 Å². The van der Waals surface area contributed by atoms with Gasteiger partial charge in [0.15, 0.2) is 0 Å². The van der Waals surface area contributed by atoms with Gasteiger partial charge in [-0.1, -0.05) is 149 Å². The monoisotopic (exact) mass is 604 g/mol. The molecule has 0 bridgehead atoms. The van der Waals surface area contributed by atoms with Gasteiger partial charge in [-0.05, 0) is 75.0 Å². The first kappa shape index (κ1) is 37.7. The van der Waals surface area contributed by atoms with E-state index >= 15 is 0 Å². The van der Waals surface area contributed by atoms with Gasteiger partial charge in [-0.15, -0.1) is 0 Å². The van der Waals surface area contributed by atoms with Crippen LogP contribution in [0.3, 0.4) is 0 Å². The predicted molar refractivity (Wildman–Crippen MR) is 187 cm³/mol. The Bertz CT molecular complexity index is 1120. The standard InChI is InChI=1S/C40H60O4/c1-27(17-13-19-29(3)21-23-33-31(5)37(43)35(41)25-39(33,7)8)15-11-12-16-28(2)18-14-20-30(4)22-24-34-32(6)38(44)36(42)26-40(34,9)10/h11-24,31-38,41-44H,25-26H2,1-10H3/b12-11+,17-13+,18-14+,23-21+,24-22+,27-15+,28-16+,29-19+,30-20+. The first-order chi connectivity index (χ1) is 20.5. The highest BCUT2D eigenvalue weighted by Crippen LogP contribution is 2.46. The second-order valence-electron chi connectivity index (χ2n) is 14.7. The Labute approximate surface area is 268 Å². The highest BCUT2D eigenvalue weighted by molar-refractivity contribution is 5.32. The van der Waals surface area contributed by atoms with E-state index in [-0.39, 0.29) is 34.5 Å². The highest BCUT2D eigenvalue weighted by atomic mass is 16.3. The van der Waals surface area contributed by atoms with Crippen LogP contribution in [0, 0.1) is 34.5 Å². The van der Waals surface area contributed by atoms with E-state index in [2.05, 4.69) is 128 Å². The van der Waals surface area contributed by atoms with Crippen molar-refractivity contribution in [2.24, 2.45) is 34.5 Å². The van der Waals surface area contributed by atoms with Gasteiger partial charge in [-0.25, -0.2) is 0 Å². The number of aliphatic hydroxyl groups excluding tert-OH is 4. The highest BCUT2D eigenvalue weighted by Gasteiger charge is 2.45. The lowest BCUT2D eigenvalue weighted by Crippen LogP contribution is -2.48. The molecule has 8 unspecified atom stereocenters. The van der Waals surface area contributed by atoms with Crippen LogP contribution in [-0.2, 0) is 0 Å². The molecular formula is C40H60O4. The van der Waals surface area contributed by atoms with Crippen LogP contribution in [0.5, 0.6) is 0 Å². The summed E-state index contributed by atoms with van der Waals surface area (Å²) >= 11 is 0. The molecule has 8 atom stereocenters. The Morgan fingerprint density at radius 1 is 0.500 bits per heavy atom. The van der Waals surface area contributed by atoms with Gasteiger partial charge < -0.3 is 20.4 Å². The van der Waals surface area contributed by atoms with Gasteiger partial charge in [0.05, 0.1) is 24.4 Å². The van der Waals surface area contributed by atoms with E-state index in [1.54, 1.807) is 0 Å². The van der Waals surface area contributed by atoms with Gasteiger partial charge in [0.2, 0.25) is 0 Å². The zero-order valence-electron chi connectivity index (χ0n) is 28.9. The van der Waals surface area contributed by atoms with E-state index in [1.807, 2.05) is 26.0 Å². The minimum absolute atomic E-state index is 0.0119. The number of hydrogen-bond donors (Lipinski definition) is 4. The number of rotatable bonds is 10. The van der Waals surface area contributed by atoms with Crippen molar-refractivity contribution in [2.75, 3.05) is 0 Å². The first-order valence-corrected chi connectivity index (χ1v) is 16.3. The molecule has 0 heterocycles. The molecule has 44 heavy (non-hydrogen) atoms. The molecular weight excluding hydrogens is 544 g/mol. The first-order valence-electron chi connectivity index (χ1n) is 16.3. The summed E-state index contributed by atoms with van der Waals surface area (Å²) in [6, 6.07) is 0. The minimum atomic E-state index is -0.677. The molecule has 0 aromatic carbocycles. The van der Waals surface area contributed by atoms with E-state index in [0.29, 0.717) is 12.8 Å². The zero-order chi connectivity index (χ0) is 33.2. The molecule has 0 aromatic heterocycles. The quantitative estimate of drug-likeness (QED) is 0.189. The second kappa shape index (κ2) is 16.7. The topological polar surface area (TPSA) is 80.9 Å². The molecule has 0 radical (unpaired) electrons. The van der Waals surface area contributed by atoms with E-state index in [0.717, 1.165) is 22.3 Å². The average Bonchev–Trinajstić information content (AvgIpc) is 2.92. The average molecular weight is 605 g/mol. The minimum Gasteiger partial charge on any atom is -0.390 e. The number of allylic oxidation sites excluding steroid dienone is 18. The number of aliphatic hydroxyl groups is 4. The van der Waals surface area contributed by atoms with Crippen molar-refractivity contribution >= 4 is 0 Å². The summed E-state index contributed by atoms with van der Waals surface area (Å²) in [5.41, 5.74) is 4.47. The summed E-state index contributed by atoms with van der Waals surface area (Å²) in [6.07, 6.45) is 27.9. The fourth-order valence-electron chi connectivity index (χ4n) is 6.86. The van der Waals surface area contributed by atoms with E-state index in [9.17, 15) is 20.4 Å². The molecule has 0 saturated heterocycles. The molecule has 2 aliphatic carbocycles. The fraction of sp³-hybridized carbons (Fsp3) is 0.550. The Morgan fingerprint density at radius 2 is 0.795 bits per heavy atom. The van der Waals surface area contributed by atoms with Crippen molar-refractivity contribution in [3.63, 3.8) is 0 Å². The Morgan fingerprint density at radius 3 is 1.14 bits per heavy atom. The summed E-state index contributed by atoms with van der Waals surface area (Å²) in [7, 11) is 0. The Hall–Kier alpha value is -2.50. The van der Waals surface area contributed by atoms with Crippen molar-refractivity contribution in [1.82, 2.24) is 0 Å². The van der Waals surface area contributed by atoms with Crippen LogP contribution in [-0.4, -0.2) is 44.8 Å². The van der Waals surface area contributed by atoms with Crippen LogP contribution < -0.4 is 0 Å². The molecule has 2 saturated carbocycles. The lowest BCUT2D eigenvalue weighted by Gasteiger charge is -2.46. The second-order valence-corrected chi connectivity index (χ2v) is 14.7. The zero-order valence-corrected chi connectivity index (χ0v) is 28.9. The third kappa shape index (κ3) is 11.1. The van der Waals surface area contributed by atoms with Crippen LogP contribution in [0.2, 0.25) is 0 Å². The van der Waals surface area contributed by atoms with Crippen molar-refractivity contribution in [3.05, 3.63) is 107 Å². The molecule has 4 nitrogen and oxygen atoms in total. The van der Waals surface area contributed by atoms with Crippen molar-refractivity contribution in [2.45, 2.75) is 106 Å². The van der Waals surface area contributed by atoms with E-state index in [1.165, 1.54) is 0 Å². The Balaban J connectivity index is 1.89.